The predicted molar refractivity (Wildman–Crippen MR) is 79.2 cm³/mol. The first-order valence-corrected chi connectivity index (χ1v) is 6.95. The van der Waals surface area contributed by atoms with Crippen LogP contribution in [0.1, 0.15) is 24.5 Å². The van der Waals surface area contributed by atoms with E-state index in [1.165, 1.54) is 12.1 Å². The van der Waals surface area contributed by atoms with Gasteiger partial charge in [0.05, 0.1) is 0 Å². The quantitative estimate of drug-likeness (QED) is 0.772. The second-order valence-electron chi connectivity index (χ2n) is 4.70. The molecule has 0 heterocycles. The summed E-state index contributed by atoms with van der Waals surface area (Å²) in [5, 5.41) is 3.36. The first kappa shape index (κ1) is 14.5. The lowest BCUT2D eigenvalue weighted by Gasteiger charge is -2.12. The molecule has 2 nitrogen and oxygen atoms in total. The van der Waals surface area contributed by atoms with Crippen LogP contribution >= 0.6 is 0 Å². The zero-order valence-corrected chi connectivity index (χ0v) is 11.7. The van der Waals surface area contributed by atoms with Gasteiger partial charge in [-0.2, -0.15) is 0 Å². The second kappa shape index (κ2) is 7.65. The van der Waals surface area contributed by atoms with Crippen LogP contribution in [-0.4, -0.2) is 6.54 Å². The molecule has 0 aliphatic heterocycles. The third-order valence-corrected chi connectivity index (χ3v) is 3.00. The highest BCUT2D eigenvalue weighted by Crippen LogP contribution is 2.19. The summed E-state index contributed by atoms with van der Waals surface area (Å²) in [7, 11) is 0. The maximum Gasteiger partial charge on any atom is 0.124 e. The molecule has 0 radical (unpaired) electrons. The Morgan fingerprint density at radius 2 is 1.95 bits per heavy atom. The van der Waals surface area contributed by atoms with Gasteiger partial charge in [0.15, 0.2) is 0 Å². The summed E-state index contributed by atoms with van der Waals surface area (Å²) in [6.45, 7) is 4.29. The van der Waals surface area contributed by atoms with Gasteiger partial charge in [0, 0.05) is 12.1 Å². The summed E-state index contributed by atoms with van der Waals surface area (Å²) in [6.07, 6.45) is 1.10. The molecule has 0 aromatic heterocycles. The van der Waals surface area contributed by atoms with Crippen LogP contribution in [-0.2, 0) is 13.2 Å². The Labute approximate surface area is 119 Å². The van der Waals surface area contributed by atoms with E-state index in [4.69, 9.17) is 4.74 Å². The van der Waals surface area contributed by atoms with Crippen molar-refractivity contribution in [1.29, 1.82) is 0 Å². The molecule has 2 aromatic carbocycles. The molecule has 106 valence electrons. The van der Waals surface area contributed by atoms with Crippen molar-refractivity contribution in [3.8, 4) is 5.75 Å². The molecule has 0 amide bonds. The molecule has 1 N–H and O–H groups in total. The highest BCUT2D eigenvalue weighted by atomic mass is 19.1. The van der Waals surface area contributed by atoms with Gasteiger partial charge in [-0.15, -0.1) is 0 Å². The lowest BCUT2D eigenvalue weighted by Crippen LogP contribution is -2.14. The van der Waals surface area contributed by atoms with Crippen LogP contribution in [0.25, 0.3) is 0 Å². The molecule has 2 aromatic rings. The lowest BCUT2D eigenvalue weighted by atomic mass is 10.2. The molecule has 0 atom stereocenters. The van der Waals surface area contributed by atoms with Gasteiger partial charge in [-0.05, 0) is 36.7 Å². The molecule has 0 fully saturated rings. The molecule has 0 aliphatic carbocycles. The third-order valence-electron chi connectivity index (χ3n) is 3.00. The van der Waals surface area contributed by atoms with Gasteiger partial charge in [-0.1, -0.05) is 37.3 Å². The number of halogens is 1. The molecule has 0 unspecified atom stereocenters. The molecule has 0 aliphatic rings. The number of hydrogen-bond donors (Lipinski definition) is 1. The van der Waals surface area contributed by atoms with Crippen LogP contribution in [0, 0.1) is 5.82 Å². The van der Waals surface area contributed by atoms with Crippen molar-refractivity contribution < 1.29 is 9.13 Å². The highest BCUT2D eigenvalue weighted by molar-refractivity contribution is 5.33. The Morgan fingerprint density at radius 3 is 2.75 bits per heavy atom. The Balaban J connectivity index is 1.98. The van der Waals surface area contributed by atoms with Crippen molar-refractivity contribution in [3.63, 3.8) is 0 Å². The van der Waals surface area contributed by atoms with Crippen molar-refractivity contribution in [2.45, 2.75) is 26.5 Å². The van der Waals surface area contributed by atoms with Gasteiger partial charge in [-0.3, -0.25) is 0 Å². The Hall–Kier alpha value is -1.87. The smallest absolute Gasteiger partial charge is 0.124 e. The number of rotatable bonds is 7. The summed E-state index contributed by atoms with van der Waals surface area (Å²) < 4.78 is 18.9. The van der Waals surface area contributed by atoms with Gasteiger partial charge < -0.3 is 10.1 Å². The van der Waals surface area contributed by atoms with Crippen molar-refractivity contribution >= 4 is 0 Å². The summed E-state index contributed by atoms with van der Waals surface area (Å²) in [6, 6.07) is 14.4. The maximum absolute atomic E-state index is 13.1. The molecular weight excluding hydrogens is 253 g/mol. The minimum absolute atomic E-state index is 0.232. The molecular formula is C17H20FNO. The maximum atomic E-state index is 13.1. The number of benzene rings is 2. The van der Waals surface area contributed by atoms with Gasteiger partial charge in [0.2, 0.25) is 0 Å². The van der Waals surface area contributed by atoms with Crippen LogP contribution in [0.15, 0.2) is 48.5 Å². The Bertz CT molecular complexity index is 542. The minimum Gasteiger partial charge on any atom is -0.489 e. The van der Waals surface area contributed by atoms with Crippen molar-refractivity contribution in [2.75, 3.05) is 6.54 Å². The van der Waals surface area contributed by atoms with Crippen molar-refractivity contribution in [2.24, 2.45) is 0 Å². The van der Waals surface area contributed by atoms with E-state index >= 15 is 0 Å². The van der Waals surface area contributed by atoms with Crippen LogP contribution in [0.3, 0.4) is 0 Å². The molecule has 20 heavy (non-hydrogen) atoms. The third kappa shape index (κ3) is 4.35. The second-order valence-corrected chi connectivity index (χ2v) is 4.70. The molecule has 0 saturated heterocycles. The van der Waals surface area contributed by atoms with Gasteiger partial charge in [-0.25, -0.2) is 4.39 Å². The molecule has 2 rings (SSSR count). The van der Waals surface area contributed by atoms with Crippen molar-refractivity contribution in [3.05, 3.63) is 65.5 Å². The fourth-order valence-corrected chi connectivity index (χ4v) is 1.98. The summed E-state index contributed by atoms with van der Waals surface area (Å²) >= 11 is 0. The molecule has 3 heteroatoms. The van der Waals surface area contributed by atoms with Crippen LogP contribution in [0.2, 0.25) is 0 Å². The standard InChI is InChI=1S/C17H20FNO/c1-2-10-19-12-15-7-3-4-9-17(15)20-13-14-6-5-8-16(18)11-14/h3-9,11,19H,2,10,12-13H2,1H3. The van der Waals surface area contributed by atoms with E-state index in [-0.39, 0.29) is 5.82 Å². The zero-order chi connectivity index (χ0) is 14.2. The predicted octanol–water partition coefficient (Wildman–Crippen LogP) is 3.90. The van der Waals surface area contributed by atoms with Crippen molar-refractivity contribution in [1.82, 2.24) is 5.32 Å². The van der Waals surface area contributed by atoms with E-state index in [2.05, 4.69) is 12.2 Å². The van der Waals surface area contributed by atoms with Crippen LogP contribution < -0.4 is 10.1 Å². The topological polar surface area (TPSA) is 21.3 Å². The van der Waals surface area contributed by atoms with Gasteiger partial charge in [0.25, 0.3) is 0 Å². The van der Waals surface area contributed by atoms with Crippen LogP contribution in [0.5, 0.6) is 5.75 Å². The number of hydrogen-bond acceptors (Lipinski definition) is 2. The monoisotopic (exact) mass is 273 g/mol. The summed E-state index contributed by atoms with van der Waals surface area (Å²) in [4.78, 5) is 0. The zero-order valence-electron chi connectivity index (χ0n) is 11.7. The summed E-state index contributed by atoms with van der Waals surface area (Å²) in [5.74, 6) is 0.615. The fourth-order valence-electron chi connectivity index (χ4n) is 1.98. The largest absolute Gasteiger partial charge is 0.489 e. The normalized spacial score (nSPS) is 10.5. The van der Waals surface area contributed by atoms with Gasteiger partial charge in [0.1, 0.15) is 18.2 Å². The van der Waals surface area contributed by atoms with E-state index in [1.807, 2.05) is 30.3 Å². The van der Waals surface area contributed by atoms with E-state index in [1.54, 1.807) is 6.07 Å². The average Bonchev–Trinajstić information content (AvgIpc) is 2.47. The van der Waals surface area contributed by atoms with Crippen LogP contribution in [0.4, 0.5) is 4.39 Å². The average molecular weight is 273 g/mol. The number of nitrogens with one attached hydrogen (secondary N) is 1. The SMILES string of the molecule is CCCNCc1ccccc1OCc1cccc(F)c1. The molecule has 0 bridgehead atoms. The number of ether oxygens (including phenoxy) is 1. The molecule has 0 spiro atoms. The minimum atomic E-state index is -0.232. The molecule has 0 saturated carbocycles. The van der Waals surface area contributed by atoms with E-state index in [0.717, 1.165) is 36.4 Å². The van der Waals surface area contributed by atoms with E-state index in [9.17, 15) is 4.39 Å². The van der Waals surface area contributed by atoms with E-state index < -0.39 is 0 Å². The summed E-state index contributed by atoms with van der Waals surface area (Å²) in [5.41, 5.74) is 1.96. The highest BCUT2D eigenvalue weighted by Gasteiger charge is 2.03. The Kier molecular flexibility index (Phi) is 5.56. The fraction of sp³-hybridized carbons (Fsp3) is 0.294. The Morgan fingerprint density at radius 1 is 1.10 bits per heavy atom. The number of para-hydroxylation sites is 1. The van der Waals surface area contributed by atoms with E-state index in [0.29, 0.717) is 6.61 Å². The lowest BCUT2D eigenvalue weighted by molar-refractivity contribution is 0.301. The first-order valence-electron chi connectivity index (χ1n) is 6.95. The first-order chi connectivity index (χ1) is 9.79. The van der Waals surface area contributed by atoms with Gasteiger partial charge >= 0.3 is 0 Å².